The molecule has 3 atom stereocenters. The van der Waals surface area contributed by atoms with Gasteiger partial charge in [0.1, 0.15) is 5.76 Å². The molecule has 3 nitrogen and oxygen atoms in total. The van der Waals surface area contributed by atoms with Crippen molar-refractivity contribution in [3.05, 3.63) is 241 Å². The number of furan rings is 1. The molecular formula is C62H46N2O. The van der Waals surface area contributed by atoms with Crippen molar-refractivity contribution in [1.29, 1.82) is 0 Å². The number of benzene rings is 7. The largest absolute Gasteiger partial charge is 0.455 e. The highest BCUT2D eigenvalue weighted by atomic mass is 16.3. The van der Waals surface area contributed by atoms with Crippen LogP contribution in [0.2, 0.25) is 0 Å². The summed E-state index contributed by atoms with van der Waals surface area (Å²) >= 11 is 0. The zero-order valence-corrected chi connectivity index (χ0v) is 36.4. The van der Waals surface area contributed by atoms with Crippen LogP contribution in [-0.2, 0) is 11.8 Å². The molecule has 12 rings (SSSR count). The zero-order chi connectivity index (χ0) is 43.5. The molecule has 0 amide bonds. The first-order chi connectivity index (χ1) is 32.0. The maximum absolute atomic E-state index is 6.50. The van der Waals surface area contributed by atoms with E-state index in [4.69, 9.17) is 4.42 Å². The van der Waals surface area contributed by atoms with Gasteiger partial charge in [0.15, 0.2) is 5.58 Å². The molecular weight excluding hydrogens is 789 g/mol. The number of hydrogen-bond donors (Lipinski definition) is 0. The number of fused-ring (bicyclic) bond motifs is 6. The lowest BCUT2D eigenvalue weighted by Crippen LogP contribution is -2.39. The predicted octanol–water partition coefficient (Wildman–Crippen LogP) is 16.3. The summed E-state index contributed by atoms with van der Waals surface area (Å²) in [7, 11) is 0. The van der Waals surface area contributed by atoms with Crippen molar-refractivity contribution in [3.8, 4) is 44.5 Å². The van der Waals surface area contributed by atoms with Gasteiger partial charge < -0.3 is 14.2 Å². The Kier molecular flexibility index (Phi) is 9.28. The van der Waals surface area contributed by atoms with Crippen LogP contribution in [0, 0.1) is 18.1 Å². The van der Waals surface area contributed by atoms with Crippen LogP contribution >= 0.6 is 0 Å². The van der Waals surface area contributed by atoms with Gasteiger partial charge in [-0.1, -0.05) is 171 Å². The Balaban J connectivity index is 0.924. The third kappa shape index (κ3) is 6.61. The van der Waals surface area contributed by atoms with Crippen molar-refractivity contribution >= 4 is 45.5 Å². The van der Waals surface area contributed by atoms with Crippen molar-refractivity contribution in [2.45, 2.75) is 31.7 Å². The van der Waals surface area contributed by atoms with Crippen LogP contribution in [-0.4, -0.2) is 6.04 Å². The number of hydrogen-bond acceptors (Lipinski definition) is 3. The maximum atomic E-state index is 6.50. The van der Waals surface area contributed by atoms with Crippen LogP contribution in [0.1, 0.15) is 30.7 Å². The van der Waals surface area contributed by atoms with Gasteiger partial charge in [-0.2, -0.15) is 0 Å². The van der Waals surface area contributed by atoms with Gasteiger partial charge in [0, 0.05) is 50.4 Å². The molecule has 0 radical (unpaired) electrons. The molecule has 8 aromatic carbocycles. The van der Waals surface area contributed by atoms with Crippen molar-refractivity contribution in [2.24, 2.45) is 5.92 Å². The molecule has 2 aliphatic carbocycles. The average molecular weight is 835 g/mol. The van der Waals surface area contributed by atoms with E-state index >= 15 is 0 Å². The molecule has 0 saturated carbocycles. The molecule has 310 valence electrons. The van der Waals surface area contributed by atoms with Crippen molar-refractivity contribution in [1.82, 2.24) is 0 Å². The van der Waals surface area contributed by atoms with E-state index in [0.717, 1.165) is 62.5 Å². The smallest absolute Gasteiger partial charge is 0.151 e. The second-order valence-electron chi connectivity index (χ2n) is 17.8. The highest BCUT2D eigenvalue weighted by Gasteiger charge is 2.46. The van der Waals surface area contributed by atoms with E-state index < -0.39 is 0 Å². The monoisotopic (exact) mass is 834 g/mol. The molecule has 1 aliphatic heterocycles. The predicted molar refractivity (Wildman–Crippen MR) is 270 cm³/mol. The first-order valence-corrected chi connectivity index (χ1v) is 22.7. The number of nitrogens with zero attached hydrogens (tertiary/aromatic N) is 2. The number of allylic oxidation sites excluding steroid dienone is 3. The van der Waals surface area contributed by atoms with E-state index in [1.54, 1.807) is 0 Å². The fourth-order valence-corrected chi connectivity index (χ4v) is 10.4. The molecule has 0 N–H and O–H groups in total. The van der Waals surface area contributed by atoms with Crippen LogP contribution in [0.15, 0.2) is 217 Å². The van der Waals surface area contributed by atoms with E-state index in [2.05, 4.69) is 248 Å². The lowest BCUT2D eigenvalue weighted by atomic mass is 9.76. The SMILES string of the molecule is CC1C=Cc2oc3c(-c4ccc(N(c5ccc(-c6ccccc6)cc5)c5cccc(-c6cccc(-c7ccccc7N7c8ccccc8C8(C)C=CC=CC78)c6)c5)cc4)c#ccc3c2C1. The fraction of sp³-hybridized carbons (Fsp3) is 0.0968. The molecule has 1 aromatic heterocycles. The maximum Gasteiger partial charge on any atom is 0.151 e. The summed E-state index contributed by atoms with van der Waals surface area (Å²) in [5.41, 5.74) is 18.1. The molecule has 3 aliphatic rings. The van der Waals surface area contributed by atoms with E-state index in [0.29, 0.717) is 5.92 Å². The fourth-order valence-electron chi connectivity index (χ4n) is 10.4. The van der Waals surface area contributed by atoms with Crippen LogP contribution in [0.3, 0.4) is 0 Å². The van der Waals surface area contributed by atoms with Gasteiger partial charge >= 0.3 is 0 Å². The Hall–Kier alpha value is -8.06. The summed E-state index contributed by atoms with van der Waals surface area (Å²) in [6, 6.07) is 72.9. The van der Waals surface area contributed by atoms with E-state index in [9.17, 15) is 0 Å². The third-order valence-corrected chi connectivity index (χ3v) is 13.7. The standard InChI is InChI=1S/C62H46N2O/c1-42-28-37-59-55(39-42)54-23-14-22-53(61(54)65-59)45-31-35-50(36-32-45)63(49-33-29-44(30-34-49)43-15-4-3-5-16-43)51-20-13-18-47(41-51)46-17-12-19-48(40-46)52-21-6-8-25-57(52)64-58-26-9-7-24-56(58)62(2)38-11-10-27-60(62)64/h3-13,15-21,23-38,40-42,60H,39H2,1-2H3. The number of rotatable bonds is 8. The van der Waals surface area contributed by atoms with Crippen molar-refractivity contribution < 1.29 is 4.42 Å². The minimum Gasteiger partial charge on any atom is -0.455 e. The normalized spacial score (nSPS) is 18.0. The third-order valence-electron chi connectivity index (χ3n) is 13.7. The molecule has 3 unspecified atom stereocenters. The van der Waals surface area contributed by atoms with Crippen molar-refractivity contribution in [3.63, 3.8) is 0 Å². The molecule has 0 saturated heterocycles. The summed E-state index contributed by atoms with van der Waals surface area (Å²) in [5.74, 6) is 1.42. The number of anilines is 5. The minimum atomic E-state index is -0.116. The van der Waals surface area contributed by atoms with Gasteiger partial charge in [-0.05, 0) is 125 Å². The summed E-state index contributed by atoms with van der Waals surface area (Å²) in [5, 5.41) is 1.13. The second kappa shape index (κ2) is 15.6. The Morgan fingerprint density at radius 2 is 1.26 bits per heavy atom. The van der Waals surface area contributed by atoms with Gasteiger partial charge in [0.25, 0.3) is 0 Å². The minimum absolute atomic E-state index is 0.116. The number of para-hydroxylation sites is 2. The first kappa shape index (κ1) is 38.6. The second-order valence-corrected chi connectivity index (χ2v) is 17.8. The van der Waals surface area contributed by atoms with E-state index in [-0.39, 0.29) is 11.5 Å². The Bertz CT molecular complexity index is 3340. The molecule has 2 heterocycles. The summed E-state index contributed by atoms with van der Waals surface area (Å²) < 4.78 is 6.50. The summed E-state index contributed by atoms with van der Waals surface area (Å²) in [6.45, 7) is 4.62. The Morgan fingerprint density at radius 3 is 2.08 bits per heavy atom. The highest BCUT2D eigenvalue weighted by molar-refractivity contribution is 5.96. The zero-order valence-electron chi connectivity index (χ0n) is 36.4. The molecule has 0 spiro atoms. The van der Waals surface area contributed by atoms with Gasteiger partial charge in [-0.3, -0.25) is 0 Å². The molecule has 9 aromatic rings. The van der Waals surface area contributed by atoms with E-state index in [1.807, 2.05) is 6.07 Å². The molecule has 65 heavy (non-hydrogen) atoms. The topological polar surface area (TPSA) is 19.6 Å². The first-order valence-electron chi connectivity index (χ1n) is 22.7. The van der Waals surface area contributed by atoms with Crippen molar-refractivity contribution in [2.75, 3.05) is 9.80 Å². The van der Waals surface area contributed by atoms with Crippen LogP contribution < -0.4 is 9.80 Å². The highest BCUT2D eigenvalue weighted by Crippen LogP contribution is 2.53. The Morgan fingerprint density at radius 1 is 0.600 bits per heavy atom. The van der Waals surface area contributed by atoms with Gasteiger partial charge in [-0.25, -0.2) is 0 Å². The average Bonchev–Trinajstić information content (AvgIpc) is 3.87. The molecule has 0 fully saturated rings. The Labute approximate surface area is 381 Å². The quantitative estimate of drug-likeness (QED) is 0.152. The van der Waals surface area contributed by atoms with Crippen LogP contribution in [0.25, 0.3) is 61.6 Å². The van der Waals surface area contributed by atoms with Gasteiger partial charge in [-0.15, -0.1) is 0 Å². The lowest BCUT2D eigenvalue weighted by molar-refractivity contribution is 0.551. The van der Waals surface area contributed by atoms with Gasteiger partial charge in [0.2, 0.25) is 0 Å². The van der Waals surface area contributed by atoms with Gasteiger partial charge in [0.05, 0.1) is 11.6 Å². The van der Waals surface area contributed by atoms with E-state index in [1.165, 1.54) is 44.8 Å². The molecule has 0 bridgehead atoms. The summed E-state index contributed by atoms with van der Waals surface area (Å²) in [6.07, 6.45) is 14.4. The lowest BCUT2D eigenvalue weighted by Gasteiger charge is -2.35. The molecule has 3 heteroatoms. The van der Waals surface area contributed by atoms with Crippen LogP contribution in [0.4, 0.5) is 28.4 Å². The van der Waals surface area contributed by atoms with Crippen LogP contribution in [0.5, 0.6) is 0 Å². The summed E-state index contributed by atoms with van der Waals surface area (Å²) in [4.78, 5) is 4.89.